The van der Waals surface area contributed by atoms with Gasteiger partial charge in [-0.25, -0.2) is 4.98 Å². The second-order valence-electron chi connectivity index (χ2n) is 3.88. The predicted molar refractivity (Wildman–Crippen MR) is 69.8 cm³/mol. The number of aromatic nitrogens is 2. The first kappa shape index (κ1) is 12.0. The summed E-state index contributed by atoms with van der Waals surface area (Å²) >= 11 is 0. The Morgan fingerprint density at radius 1 is 1.28 bits per heavy atom. The fourth-order valence-corrected chi connectivity index (χ4v) is 1.51. The highest BCUT2D eigenvalue weighted by atomic mass is 16.1. The van der Waals surface area contributed by atoms with E-state index in [-0.39, 0.29) is 5.91 Å². The van der Waals surface area contributed by atoms with Gasteiger partial charge >= 0.3 is 0 Å². The van der Waals surface area contributed by atoms with Crippen LogP contribution in [0.4, 0.5) is 11.5 Å². The van der Waals surface area contributed by atoms with Gasteiger partial charge in [0.15, 0.2) is 0 Å². The van der Waals surface area contributed by atoms with Crippen LogP contribution in [-0.4, -0.2) is 15.9 Å². The molecule has 92 valence electrons. The molecule has 3 N–H and O–H groups in total. The summed E-state index contributed by atoms with van der Waals surface area (Å²) in [6, 6.07) is 7.18. The number of nitrogen functional groups attached to an aromatic ring is 1. The van der Waals surface area contributed by atoms with Crippen molar-refractivity contribution in [3.05, 3.63) is 48.4 Å². The van der Waals surface area contributed by atoms with Crippen molar-refractivity contribution in [2.45, 2.75) is 12.8 Å². The molecule has 2 rings (SSSR count). The third-order valence-electron chi connectivity index (χ3n) is 2.43. The standard InChI is InChI=1S/C13H14N4O/c14-12-5-4-11(9-16-12)17-13(18)6-3-10-2-1-7-15-8-10/h1-2,4-5,7-9H,3,6H2,(H2,14,16)(H,17,18). The molecule has 2 aromatic heterocycles. The van der Waals surface area contributed by atoms with Crippen molar-refractivity contribution in [3.63, 3.8) is 0 Å². The zero-order valence-electron chi connectivity index (χ0n) is 9.84. The largest absolute Gasteiger partial charge is 0.384 e. The Labute approximate surface area is 105 Å². The first-order chi connectivity index (χ1) is 8.74. The lowest BCUT2D eigenvalue weighted by Crippen LogP contribution is -2.12. The van der Waals surface area contributed by atoms with Gasteiger partial charge in [-0.2, -0.15) is 0 Å². The minimum absolute atomic E-state index is 0.0505. The molecule has 5 nitrogen and oxygen atoms in total. The Balaban J connectivity index is 1.84. The third kappa shape index (κ3) is 3.55. The van der Waals surface area contributed by atoms with Gasteiger partial charge in [0.25, 0.3) is 0 Å². The average molecular weight is 242 g/mol. The van der Waals surface area contributed by atoms with Crippen LogP contribution in [0, 0.1) is 0 Å². The van der Waals surface area contributed by atoms with Gasteiger partial charge in [-0.05, 0) is 30.2 Å². The Morgan fingerprint density at radius 3 is 2.83 bits per heavy atom. The van der Waals surface area contributed by atoms with Gasteiger partial charge in [-0.3, -0.25) is 9.78 Å². The summed E-state index contributed by atoms with van der Waals surface area (Å²) < 4.78 is 0. The third-order valence-corrected chi connectivity index (χ3v) is 2.43. The number of hydrogen-bond acceptors (Lipinski definition) is 4. The number of nitrogens with zero attached hydrogens (tertiary/aromatic N) is 2. The predicted octanol–water partition coefficient (Wildman–Crippen LogP) is 1.63. The number of carbonyl (C=O) groups excluding carboxylic acids is 1. The number of carbonyl (C=O) groups is 1. The molecule has 0 bridgehead atoms. The first-order valence-corrected chi connectivity index (χ1v) is 5.64. The lowest BCUT2D eigenvalue weighted by Gasteiger charge is -2.04. The maximum atomic E-state index is 11.7. The number of aryl methyl sites for hydroxylation is 1. The summed E-state index contributed by atoms with van der Waals surface area (Å²) in [5.74, 6) is 0.383. The molecule has 0 aliphatic rings. The molecule has 0 fully saturated rings. The van der Waals surface area contributed by atoms with Crippen molar-refractivity contribution >= 4 is 17.4 Å². The van der Waals surface area contributed by atoms with E-state index in [4.69, 9.17) is 5.73 Å². The number of amides is 1. The molecular weight excluding hydrogens is 228 g/mol. The second-order valence-corrected chi connectivity index (χ2v) is 3.88. The second kappa shape index (κ2) is 5.77. The molecule has 2 aromatic rings. The van der Waals surface area contributed by atoms with Gasteiger partial charge in [0.2, 0.25) is 5.91 Å². The highest BCUT2D eigenvalue weighted by molar-refractivity contribution is 5.90. The number of nitrogens with two attached hydrogens (primary N) is 1. The molecule has 0 radical (unpaired) electrons. The zero-order valence-corrected chi connectivity index (χ0v) is 9.84. The number of anilines is 2. The van der Waals surface area contributed by atoms with Gasteiger partial charge in [-0.15, -0.1) is 0 Å². The van der Waals surface area contributed by atoms with E-state index in [2.05, 4.69) is 15.3 Å². The minimum Gasteiger partial charge on any atom is -0.384 e. The van der Waals surface area contributed by atoms with E-state index in [1.807, 2.05) is 12.1 Å². The molecule has 0 atom stereocenters. The fraction of sp³-hybridized carbons (Fsp3) is 0.154. The Morgan fingerprint density at radius 2 is 2.17 bits per heavy atom. The van der Waals surface area contributed by atoms with Gasteiger partial charge in [0.05, 0.1) is 11.9 Å². The Bertz CT molecular complexity index is 510. The molecule has 5 heteroatoms. The van der Waals surface area contributed by atoms with Crippen LogP contribution in [0.3, 0.4) is 0 Å². The molecule has 2 heterocycles. The highest BCUT2D eigenvalue weighted by Gasteiger charge is 2.03. The lowest BCUT2D eigenvalue weighted by molar-refractivity contribution is -0.116. The minimum atomic E-state index is -0.0505. The van der Waals surface area contributed by atoms with E-state index in [9.17, 15) is 4.79 Å². The molecule has 0 saturated carbocycles. The van der Waals surface area contributed by atoms with Crippen molar-refractivity contribution < 1.29 is 4.79 Å². The topological polar surface area (TPSA) is 80.9 Å². The monoisotopic (exact) mass is 242 g/mol. The summed E-state index contributed by atoms with van der Waals surface area (Å²) in [5, 5.41) is 2.76. The van der Waals surface area contributed by atoms with Crippen molar-refractivity contribution in [2.24, 2.45) is 0 Å². The molecule has 0 aliphatic heterocycles. The van der Waals surface area contributed by atoms with Crippen molar-refractivity contribution in [1.82, 2.24) is 9.97 Å². The van der Waals surface area contributed by atoms with Crippen LogP contribution in [0.1, 0.15) is 12.0 Å². The zero-order chi connectivity index (χ0) is 12.8. The van der Waals surface area contributed by atoms with E-state index < -0.39 is 0 Å². The van der Waals surface area contributed by atoms with Crippen LogP contribution >= 0.6 is 0 Å². The van der Waals surface area contributed by atoms with Gasteiger partial charge in [0.1, 0.15) is 5.82 Å². The summed E-state index contributed by atoms with van der Waals surface area (Å²) in [6.07, 6.45) is 6.09. The molecule has 0 saturated heterocycles. The first-order valence-electron chi connectivity index (χ1n) is 5.64. The number of nitrogens with one attached hydrogen (secondary N) is 1. The lowest BCUT2D eigenvalue weighted by atomic mass is 10.1. The number of hydrogen-bond donors (Lipinski definition) is 2. The Hall–Kier alpha value is -2.43. The Kier molecular flexibility index (Phi) is 3.86. The smallest absolute Gasteiger partial charge is 0.224 e. The molecule has 0 aliphatic carbocycles. The SMILES string of the molecule is Nc1ccc(NC(=O)CCc2cccnc2)cn1. The van der Waals surface area contributed by atoms with Crippen LogP contribution in [0.5, 0.6) is 0 Å². The van der Waals surface area contributed by atoms with Crippen molar-refractivity contribution in [2.75, 3.05) is 11.1 Å². The summed E-state index contributed by atoms with van der Waals surface area (Å²) in [6.45, 7) is 0. The van der Waals surface area contributed by atoms with Crippen LogP contribution in [0.25, 0.3) is 0 Å². The van der Waals surface area contributed by atoms with Crippen LogP contribution < -0.4 is 11.1 Å². The van der Waals surface area contributed by atoms with Gasteiger partial charge in [-0.1, -0.05) is 6.07 Å². The molecule has 0 unspecified atom stereocenters. The van der Waals surface area contributed by atoms with E-state index >= 15 is 0 Å². The van der Waals surface area contributed by atoms with Crippen LogP contribution in [-0.2, 0) is 11.2 Å². The van der Waals surface area contributed by atoms with E-state index in [1.54, 1.807) is 24.5 Å². The molecule has 18 heavy (non-hydrogen) atoms. The highest BCUT2D eigenvalue weighted by Crippen LogP contribution is 2.08. The van der Waals surface area contributed by atoms with Gasteiger partial charge in [0, 0.05) is 18.8 Å². The summed E-state index contributed by atoms with van der Waals surface area (Å²) in [4.78, 5) is 19.6. The number of pyridine rings is 2. The summed E-state index contributed by atoms with van der Waals surface area (Å²) in [7, 11) is 0. The molecular formula is C13H14N4O. The average Bonchev–Trinajstić information content (AvgIpc) is 2.40. The molecule has 0 spiro atoms. The maximum absolute atomic E-state index is 11.7. The fourth-order valence-electron chi connectivity index (χ4n) is 1.51. The van der Waals surface area contributed by atoms with Gasteiger partial charge < -0.3 is 11.1 Å². The normalized spacial score (nSPS) is 10.0. The quantitative estimate of drug-likeness (QED) is 0.853. The van der Waals surface area contributed by atoms with Crippen molar-refractivity contribution in [3.8, 4) is 0 Å². The van der Waals surface area contributed by atoms with E-state index in [1.165, 1.54) is 6.20 Å². The number of rotatable bonds is 4. The van der Waals surface area contributed by atoms with Crippen LogP contribution in [0.2, 0.25) is 0 Å². The summed E-state index contributed by atoms with van der Waals surface area (Å²) in [5.41, 5.74) is 7.16. The van der Waals surface area contributed by atoms with E-state index in [0.29, 0.717) is 24.3 Å². The van der Waals surface area contributed by atoms with Crippen molar-refractivity contribution in [1.29, 1.82) is 0 Å². The van der Waals surface area contributed by atoms with Crippen LogP contribution in [0.15, 0.2) is 42.9 Å². The molecule has 0 aromatic carbocycles. The maximum Gasteiger partial charge on any atom is 0.224 e. The van der Waals surface area contributed by atoms with E-state index in [0.717, 1.165) is 5.56 Å². The molecule has 1 amide bonds.